The zero-order chi connectivity index (χ0) is 20.1. The molecule has 4 N–H and O–H groups in total. The lowest BCUT2D eigenvalue weighted by Crippen LogP contribution is -2.19. The highest BCUT2D eigenvalue weighted by Gasteiger charge is 2.26. The number of furan rings is 1. The lowest BCUT2D eigenvalue weighted by molar-refractivity contribution is 0.0779. The Morgan fingerprint density at radius 3 is 2.32 bits per heavy atom. The standard InChI is InChI=1S/C20H25N3O4S/c1-20(2,25)14-10-17(27-11-14)28(21,26)23-19(24)22-18-15-7-3-5-12(15)9-13-6-4-8-16(13)18/h9-11,25H,3-8H2,1-2H3,(H3,21,22,23,24,26)/t28-/m0/s1. The minimum absolute atomic E-state index is 0.136. The van der Waals surface area contributed by atoms with Crippen LogP contribution in [0.5, 0.6) is 0 Å². The third kappa shape index (κ3) is 3.47. The Hall–Kier alpha value is -2.16. The molecule has 0 saturated heterocycles. The molecular weight excluding hydrogens is 378 g/mol. The first-order chi connectivity index (χ1) is 13.1. The summed E-state index contributed by atoms with van der Waals surface area (Å²) in [6, 6.07) is 2.89. The van der Waals surface area contributed by atoms with Gasteiger partial charge in [0.25, 0.3) is 0 Å². The van der Waals surface area contributed by atoms with Gasteiger partial charge in [-0.15, -0.1) is 4.36 Å². The number of fused-ring (bicyclic) bond motifs is 2. The van der Waals surface area contributed by atoms with Gasteiger partial charge in [-0.05, 0) is 74.6 Å². The highest BCUT2D eigenvalue weighted by atomic mass is 32.2. The number of benzene rings is 1. The van der Waals surface area contributed by atoms with E-state index in [1.54, 1.807) is 13.8 Å². The van der Waals surface area contributed by atoms with Gasteiger partial charge in [0.1, 0.15) is 0 Å². The quantitative estimate of drug-likeness (QED) is 0.728. The highest BCUT2D eigenvalue weighted by Crippen LogP contribution is 2.38. The van der Waals surface area contributed by atoms with Crippen molar-refractivity contribution in [2.45, 2.75) is 63.1 Å². The molecule has 8 heteroatoms. The van der Waals surface area contributed by atoms with Gasteiger partial charge in [-0.3, -0.25) is 0 Å². The Morgan fingerprint density at radius 2 is 1.79 bits per heavy atom. The van der Waals surface area contributed by atoms with E-state index in [-0.39, 0.29) is 5.09 Å². The van der Waals surface area contributed by atoms with Crippen LogP contribution in [0.25, 0.3) is 0 Å². The molecule has 7 nitrogen and oxygen atoms in total. The van der Waals surface area contributed by atoms with Crippen molar-refractivity contribution in [1.82, 2.24) is 0 Å². The monoisotopic (exact) mass is 403 g/mol. The van der Waals surface area contributed by atoms with Crippen LogP contribution in [0.15, 0.2) is 32.3 Å². The smallest absolute Gasteiger partial charge is 0.354 e. The van der Waals surface area contributed by atoms with E-state index in [1.807, 2.05) is 0 Å². The predicted octanol–water partition coefficient (Wildman–Crippen LogP) is 3.42. The predicted molar refractivity (Wildman–Crippen MR) is 106 cm³/mol. The molecule has 2 amide bonds. The molecule has 0 fully saturated rings. The van der Waals surface area contributed by atoms with E-state index >= 15 is 0 Å². The number of urea groups is 1. The Labute approximate surface area is 164 Å². The van der Waals surface area contributed by atoms with Gasteiger partial charge in [0.2, 0.25) is 5.09 Å². The van der Waals surface area contributed by atoms with Crippen molar-refractivity contribution >= 4 is 21.6 Å². The SMILES string of the molecule is CC(C)(O)c1coc([S@@](N)(=O)=NC(=O)Nc2c3c(cc4c2CCC4)CCC3)c1. The van der Waals surface area contributed by atoms with Crippen molar-refractivity contribution in [3.8, 4) is 0 Å². The number of hydrogen-bond donors (Lipinski definition) is 3. The molecule has 0 unspecified atom stereocenters. The summed E-state index contributed by atoms with van der Waals surface area (Å²) in [5.41, 5.74) is 4.95. The molecule has 0 bridgehead atoms. The maximum Gasteiger partial charge on any atom is 0.354 e. The average molecular weight is 404 g/mol. The summed E-state index contributed by atoms with van der Waals surface area (Å²) in [5, 5.41) is 18.5. The van der Waals surface area contributed by atoms with Gasteiger partial charge in [0.05, 0.1) is 11.9 Å². The average Bonchev–Trinajstić information content (AvgIpc) is 3.33. The molecule has 28 heavy (non-hydrogen) atoms. The number of anilines is 1. The molecule has 1 aromatic carbocycles. The first kappa shape index (κ1) is 19.2. The maximum absolute atomic E-state index is 12.8. The van der Waals surface area contributed by atoms with Crippen LogP contribution < -0.4 is 10.5 Å². The topological polar surface area (TPSA) is 118 Å². The van der Waals surface area contributed by atoms with E-state index in [1.165, 1.54) is 23.5 Å². The third-order valence-corrected chi connectivity index (χ3v) is 6.72. The summed E-state index contributed by atoms with van der Waals surface area (Å²) in [7, 11) is -3.56. The second-order valence-corrected chi connectivity index (χ2v) is 9.76. The lowest BCUT2D eigenvalue weighted by Gasteiger charge is -2.15. The summed E-state index contributed by atoms with van der Waals surface area (Å²) in [5.74, 6) is 0. The summed E-state index contributed by atoms with van der Waals surface area (Å²) in [6.07, 6.45) is 7.28. The van der Waals surface area contributed by atoms with E-state index in [0.29, 0.717) is 5.56 Å². The molecule has 2 aliphatic rings. The number of aryl methyl sites for hydroxylation is 2. The first-order valence-corrected chi connectivity index (χ1v) is 11.1. The minimum atomic E-state index is -3.56. The van der Waals surface area contributed by atoms with Crippen LogP contribution in [0.4, 0.5) is 10.5 Å². The molecule has 2 aromatic rings. The molecule has 2 aliphatic carbocycles. The zero-order valence-corrected chi connectivity index (χ0v) is 16.9. The number of carbonyl (C=O) groups is 1. The molecule has 0 saturated carbocycles. The summed E-state index contributed by atoms with van der Waals surface area (Å²) in [4.78, 5) is 12.6. The second-order valence-electron chi connectivity index (χ2n) is 8.04. The fourth-order valence-corrected chi connectivity index (χ4v) is 4.92. The maximum atomic E-state index is 12.8. The Bertz CT molecular complexity index is 1040. The molecule has 1 aromatic heterocycles. The number of amides is 2. The fourth-order valence-electron chi connectivity index (χ4n) is 4.06. The molecule has 0 spiro atoms. The van der Waals surface area contributed by atoms with Gasteiger partial charge in [0, 0.05) is 17.3 Å². The van der Waals surface area contributed by atoms with Crippen molar-refractivity contribution in [3.63, 3.8) is 0 Å². The van der Waals surface area contributed by atoms with Crippen molar-refractivity contribution in [3.05, 3.63) is 46.2 Å². The first-order valence-electron chi connectivity index (χ1n) is 9.49. The van der Waals surface area contributed by atoms with E-state index in [0.717, 1.165) is 55.3 Å². The van der Waals surface area contributed by atoms with Crippen LogP contribution in [0.2, 0.25) is 0 Å². The molecule has 0 aliphatic heterocycles. The summed E-state index contributed by atoms with van der Waals surface area (Å²) in [6.45, 7) is 3.14. The largest absolute Gasteiger partial charge is 0.453 e. The number of nitrogens with one attached hydrogen (secondary N) is 1. The lowest BCUT2D eigenvalue weighted by atomic mass is 9.99. The molecule has 1 atom stereocenters. The Morgan fingerprint density at radius 1 is 1.18 bits per heavy atom. The van der Waals surface area contributed by atoms with Gasteiger partial charge in [-0.25, -0.2) is 14.1 Å². The molecule has 0 radical (unpaired) electrons. The number of carbonyl (C=O) groups excluding carboxylic acids is 1. The van der Waals surface area contributed by atoms with E-state index in [9.17, 15) is 14.1 Å². The normalized spacial score (nSPS) is 17.7. The molecular formula is C20H25N3O4S. The molecule has 150 valence electrons. The number of aliphatic hydroxyl groups is 1. The second kappa shape index (κ2) is 6.72. The van der Waals surface area contributed by atoms with Gasteiger partial charge in [-0.1, -0.05) is 6.07 Å². The van der Waals surface area contributed by atoms with Crippen LogP contribution in [0, 0.1) is 0 Å². The molecule has 4 rings (SSSR count). The van der Waals surface area contributed by atoms with Gasteiger partial charge >= 0.3 is 6.03 Å². The van der Waals surface area contributed by atoms with Crippen molar-refractivity contribution in [2.24, 2.45) is 9.50 Å². The number of nitrogens with two attached hydrogens (primary N) is 1. The minimum Gasteiger partial charge on any atom is -0.453 e. The fraction of sp³-hybridized carbons (Fsp3) is 0.450. The Balaban J connectivity index is 1.65. The van der Waals surface area contributed by atoms with Gasteiger partial charge < -0.3 is 14.8 Å². The van der Waals surface area contributed by atoms with Crippen LogP contribution in [-0.4, -0.2) is 15.3 Å². The number of hydrogen-bond acceptors (Lipinski definition) is 4. The van der Waals surface area contributed by atoms with E-state index in [4.69, 9.17) is 9.56 Å². The third-order valence-electron chi connectivity index (χ3n) is 5.49. The molecule has 1 heterocycles. The van der Waals surface area contributed by atoms with Crippen molar-refractivity contribution < 1.29 is 18.5 Å². The van der Waals surface area contributed by atoms with Crippen LogP contribution in [-0.2, 0) is 41.2 Å². The van der Waals surface area contributed by atoms with E-state index < -0.39 is 21.5 Å². The van der Waals surface area contributed by atoms with E-state index in [2.05, 4.69) is 15.7 Å². The Kier molecular flexibility index (Phi) is 4.60. The van der Waals surface area contributed by atoms with Gasteiger partial charge in [-0.2, -0.15) is 0 Å². The van der Waals surface area contributed by atoms with Crippen molar-refractivity contribution in [1.29, 1.82) is 0 Å². The van der Waals surface area contributed by atoms with Crippen LogP contribution in [0.1, 0.15) is 54.5 Å². The van der Waals surface area contributed by atoms with Gasteiger partial charge in [0.15, 0.2) is 9.92 Å². The van der Waals surface area contributed by atoms with Crippen LogP contribution in [0.3, 0.4) is 0 Å². The summed E-state index contributed by atoms with van der Waals surface area (Å²) >= 11 is 0. The summed E-state index contributed by atoms with van der Waals surface area (Å²) < 4.78 is 21.7. The zero-order valence-electron chi connectivity index (χ0n) is 16.1. The highest BCUT2D eigenvalue weighted by molar-refractivity contribution is 7.91. The van der Waals surface area contributed by atoms with Crippen molar-refractivity contribution in [2.75, 3.05) is 5.32 Å². The number of rotatable bonds is 3. The number of nitrogens with zero attached hydrogens (tertiary/aromatic N) is 1. The van der Waals surface area contributed by atoms with Crippen LogP contribution >= 0.6 is 0 Å².